The van der Waals surface area contributed by atoms with E-state index in [0.29, 0.717) is 0 Å². The van der Waals surface area contributed by atoms with E-state index in [9.17, 15) is 0 Å². The fourth-order valence-electron chi connectivity index (χ4n) is 0. The van der Waals surface area contributed by atoms with Crippen LogP contribution in [-0.4, -0.2) is 16.4 Å². The molecule has 0 fully saturated rings. The van der Waals surface area contributed by atoms with E-state index in [1.54, 1.807) is 0 Å². The van der Waals surface area contributed by atoms with Crippen LogP contribution in [0.4, 0.5) is 0 Å². The monoisotopic (exact) mass is 428 g/mol. The third-order valence-corrected chi connectivity index (χ3v) is 0. The van der Waals surface area contributed by atoms with Gasteiger partial charge >= 0.3 is 68.3 Å². The van der Waals surface area contributed by atoms with E-state index >= 15 is 0 Å². The Morgan fingerprint density at radius 2 is 0.308 bits per heavy atom. The molecule has 0 aliphatic rings. The number of hydrogen-bond donors (Lipinski definition) is 0. The molecule has 0 atom stereocenters. The molecule has 0 rings (SSSR count). The minimum Gasteiger partial charge on any atom is -2.00 e. The van der Waals surface area contributed by atoms with Crippen molar-refractivity contribution < 1.29 is 138 Å². The van der Waals surface area contributed by atoms with E-state index in [0.717, 1.165) is 0 Å². The number of rotatable bonds is 0. The van der Waals surface area contributed by atoms with Crippen molar-refractivity contribution in [3.8, 4) is 0 Å². The van der Waals surface area contributed by atoms with Crippen LogP contribution in [0.5, 0.6) is 0 Å². The van der Waals surface area contributed by atoms with Crippen LogP contribution in [0.2, 0.25) is 0 Å². The zero-order valence-electron chi connectivity index (χ0n) is 5.11. The molecular formula is H3Cl3Fe4O6. The van der Waals surface area contributed by atoms with Gasteiger partial charge in [-0.3, -0.25) is 0 Å². The first-order valence-electron chi connectivity index (χ1n) is 0. The normalized spacial score (nSPS) is 0. The van der Waals surface area contributed by atoms with E-state index in [-0.39, 0.29) is 138 Å². The summed E-state index contributed by atoms with van der Waals surface area (Å²) in [7, 11) is 0. The summed E-state index contributed by atoms with van der Waals surface area (Å²) in [4.78, 5) is 0. The molecule has 0 aliphatic heterocycles. The molecule has 0 aromatic carbocycles. The molecule has 6 nitrogen and oxygen atoms in total. The molecule has 0 bridgehead atoms. The van der Waals surface area contributed by atoms with Crippen LogP contribution in [0.1, 0.15) is 0 Å². The van der Waals surface area contributed by atoms with Gasteiger partial charge in [0, 0.05) is 0 Å². The van der Waals surface area contributed by atoms with Gasteiger partial charge < -0.3 is 70.1 Å². The third kappa shape index (κ3) is 324. The Labute approximate surface area is 137 Å². The van der Waals surface area contributed by atoms with Crippen molar-refractivity contribution in [2.75, 3.05) is 0 Å². The van der Waals surface area contributed by atoms with Gasteiger partial charge in [0.1, 0.15) is 0 Å². The Morgan fingerprint density at radius 3 is 0.308 bits per heavy atom. The summed E-state index contributed by atoms with van der Waals surface area (Å²) in [6.45, 7) is 0. The molecule has 3 N–H and O–H groups in total. The van der Waals surface area contributed by atoms with E-state index in [1.807, 2.05) is 0 Å². The fraction of sp³-hybridized carbons (Fsp3) is 0. The van der Waals surface area contributed by atoms with Crippen molar-refractivity contribution in [2.45, 2.75) is 0 Å². The van der Waals surface area contributed by atoms with Crippen LogP contribution < -0.4 is 37.2 Å². The SMILES string of the molecule is [Cl-].[Cl-].[Cl-].[Fe+3].[Fe+3].[Fe+3].[Fe+3].[O-2].[O-2].[O-2].[OH-].[OH-].[OH-]. The largest absolute Gasteiger partial charge is 3.00 e. The molecule has 0 aromatic rings. The molecule has 0 aliphatic carbocycles. The standard InChI is InChI=1S/3ClH.4Fe.3H2O.3O/h3*1H;;;;;3*1H2;;;/q;;;4*+3;;;;3*-2/p-6. The van der Waals surface area contributed by atoms with Gasteiger partial charge in [0.2, 0.25) is 0 Å². The zero-order valence-corrected chi connectivity index (χ0v) is 11.8. The van der Waals surface area contributed by atoms with Crippen LogP contribution in [0, 0.1) is 0 Å². The molecular weight excluding hydrogens is 426 g/mol. The maximum Gasteiger partial charge on any atom is 3.00 e. The van der Waals surface area contributed by atoms with Crippen LogP contribution in [0.15, 0.2) is 0 Å². The predicted molar refractivity (Wildman–Crippen MR) is 7.87 cm³/mol. The summed E-state index contributed by atoms with van der Waals surface area (Å²) in [5.41, 5.74) is 0. The van der Waals surface area contributed by atoms with Gasteiger partial charge in [0.15, 0.2) is 0 Å². The molecule has 0 heterocycles. The van der Waals surface area contributed by atoms with Gasteiger partial charge in [-0.2, -0.15) is 0 Å². The third-order valence-electron chi connectivity index (χ3n) is 0. The fourth-order valence-corrected chi connectivity index (χ4v) is 0. The van der Waals surface area contributed by atoms with Crippen molar-refractivity contribution in [1.82, 2.24) is 0 Å². The Bertz CT molecular complexity index is 19.8. The summed E-state index contributed by atoms with van der Waals surface area (Å²) < 4.78 is 0. The van der Waals surface area contributed by atoms with Crippen LogP contribution in [0.3, 0.4) is 0 Å². The molecule has 0 saturated carbocycles. The maximum atomic E-state index is 0. The second-order valence-electron chi connectivity index (χ2n) is 0. The molecule has 4 radical (unpaired) electrons. The van der Waals surface area contributed by atoms with Gasteiger partial charge in [-0.05, 0) is 0 Å². The Kier molecular flexibility index (Phi) is 13400. The molecule has 0 spiro atoms. The molecule has 0 aromatic heterocycles. The average molecular weight is 429 g/mol. The summed E-state index contributed by atoms with van der Waals surface area (Å²) in [5, 5.41) is 0. The molecule has 13 heavy (non-hydrogen) atoms. The smallest absolute Gasteiger partial charge is 2.00 e. The molecule has 0 amide bonds. The summed E-state index contributed by atoms with van der Waals surface area (Å²) in [6, 6.07) is 0. The van der Waals surface area contributed by atoms with Crippen LogP contribution in [-0.2, 0) is 84.7 Å². The van der Waals surface area contributed by atoms with Gasteiger partial charge in [-0.15, -0.1) is 0 Å². The van der Waals surface area contributed by atoms with Gasteiger partial charge in [0.25, 0.3) is 0 Å². The Morgan fingerprint density at radius 1 is 0.308 bits per heavy atom. The molecule has 0 saturated heterocycles. The van der Waals surface area contributed by atoms with E-state index in [4.69, 9.17) is 0 Å². The van der Waals surface area contributed by atoms with Crippen molar-refractivity contribution >= 4 is 0 Å². The zero-order chi connectivity index (χ0) is 0. The van der Waals surface area contributed by atoms with Crippen LogP contribution in [0.25, 0.3) is 0 Å². The first-order valence-corrected chi connectivity index (χ1v) is 0. The minimum atomic E-state index is 0. The summed E-state index contributed by atoms with van der Waals surface area (Å²) >= 11 is 0. The molecule has 92 valence electrons. The van der Waals surface area contributed by atoms with Crippen molar-refractivity contribution in [2.24, 2.45) is 0 Å². The van der Waals surface area contributed by atoms with Gasteiger partial charge in [-0.1, -0.05) is 0 Å². The number of halogens is 3. The second-order valence-corrected chi connectivity index (χ2v) is 0. The van der Waals surface area contributed by atoms with Crippen LogP contribution >= 0.6 is 0 Å². The average Bonchev–Trinajstić information content (AvgIpc) is 0. The predicted octanol–water partition coefficient (Wildman–Crippen LogP) is -9.88. The quantitative estimate of drug-likeness (QED) is 0.349. The number of hydrogen-bond acceptors (Lipinski definition) is 3. The maximum absolute atomic E-state index is 0. The van der Waals surface area contributed by atoms with Gasteiger partial charge in [0.05, 0.1) is 0 Å². The van der Waals surface area contributed by atoms with Gasteiger partial charge in [-0.25, -0.2) is 0 Å². The Balaban J connectivity index is 0. The summed E-state index contributed by atoms with van der Waals surface area (Å²) in [5.74, 6) is 0. The van der Waals surface area contributed by atoms with E-state index < -0.39 is 0 Å². The summed E-state index contributed by atoms with van der Waals surface area (Å²) in [6.07, 6.45) is 0. The molecule has 13 heteroatoms. The van der Waals surface area contributed by atoms with Crippen molar-refractivity contribution in [3.63, 3.8) is 0 Å². The Hall–Kier alpha value is 2.71. The first-order chi connectivity index (χ1) is 0. The molecule has 0 unspecified atom stereocenters. The van der Waals surface area contributed by atoms with E-state index in [1.165, 1.54) is 0 Å². The van der Waals surface area contributed by atoms with Crippen molar-refractivity contribution in [3.05, 3.63) is 0 Å². The first kappa shape index (κ1) is 463. The second kappa shape index (κ2) is 377. The van der Waals surface area contributed by atoms with E-state index in [2.05, 4.69) is 0 Å². The topological polar surface area (TPSA) is 176 Å². The minimum absolute atomic E-state index is 0. The van der Waals surface area contributed by atoms with Crippen molar-refractivity contribution in [1.29, 1.82) is 0 Å².